The quantitative estimate of drug-likeness (QED) is 0.791. The number of aryl methyl sites for hydroxylation is 2. The number of benzene rings is 1. The maximum absolute atomic E-state index is 13.0. The lowest BCUT2D eigenvalue weighted by atomic mass is 9.79. The second-order valence-corrected chi connectivity index (χ2v) is 7.50. The fourth-order valence-electron chi connectivity index (χ4n) is 4.29. The van der Waals surface area contributed by atoms with Crippen molar-refractivity contribution in [2.24, 2.45) is 0 Å². The first-order valence-electron chi connectivity index (χ1n) is 9.25. The Morgan fingerprint density at radius 3 is 2.72 bits per heavy atom. The Morgan fingerprint density at radius 2 is 2.00 bits per heavy atom. The number of piperidine rings is 2. The summed E-state index contributed by atoms with van der Waals surface area (Å²) >= 11 is 0. The maximum atomic E-state index is 13.0. The molecule has 25 heavy (non-hydrogen) atoms. The second-order valence-electron chi connectivity index (χ2n) is 7.50. The topological polar surface area (TPSA) is 40.6 Å². The van der Waals surface area contributed by atoms with Crippen molar-refractivity contribution < 1.29 is 9.59 Å². The van der Waals surface area contributed by atoms with E-state index < -0.39 is 0 Å². The van der Waals surface area contributed by atoms with E-state index in [4.69, 9.17) is 0 Å². The molecule has 1 aromatic carbocycles. The number of hydrogen-bond donors (Lipinski definition) is 0. The first-order valence-corrected chi connectivity index (χ1v) is 9.25. The molecule has 1 atom stereocenters. The standard InChI is InChI=1S/C21H28N2O2/c1-4-12-23-19(24)7-5-10-21(23)11-6-13-22(15-21)20(25)18-9-8-16(2)17(3)14-18/h4,8-9,14H,1,5-7,10-13,15H2,2-3H3/t21-/m1/s1. The molecular weight excluding hydrogens is 312 g/mol. The van der Waals surface area contributed by atoms with E-state index in [0.717, 1.165) is 43.4 Å². The molecule has 2 fully saturated rings. The van der Waals surface area contributed by atoms with Gasteiger partial charge in [-0.25, -0.2) is 0 Å². The summed E-state index contributed by atoms with van der Waals surface area (Å²) in [5.41, 5.74) is 2.87. The van der Waals surface area contributed by atoms with Gasteiger partial charge in [-0.2, -0.15) is 0 Å². The Hall–Kier alpha value is -2.10. The van der Waals surface area contributed by atoms with Crippen LogP contribution in [0, 0.1) is 13.8 Å². The zero-order valence-electron chi connectivity index (χ0n) is 15.4. The average Bonchev–Trinajstić information content (AvgIpc) is 2.60. The molecular formula is C21H28N2O2. The second kappa shape index (κ2) is 7.03. The van der Waals surface area contributed by atoms with Crippen LogP contribution in [0.25, 0.3) is 0 Å². The van der Waals surface area contributed by atoms with Crippen molar-refractivity contribution in [2.45, 2.75) is 51.5 Å². The van der Waals surface area contributed by atoms with E-state index in [2.05, 4.69) is 13.5 Å². The van der Waals surface area contributed by atoms with Gasteiger partial charge in [0.15, 0.2) is 0 Å². The van der Waals surface area contributed by atoms with Gasteiger partial charge in [-0.1, -0.05) is 12.1 Å². The smallest absolute Gasteiger partial charge is 0.253 e. The van der Waals surface area contributed by atoms with E-state index in [9.17, 15) is 9.59 Å². The Labute approximate surface area is 150 Å². The van der Waals surface area contributed by atoms with Crippen LogP contribution in [0.15, 0.2) is 30.9 Å². The summed E-state index contributed by atoms with van der Waals surface area (Å²) in [5.74, 6) is 0.283. The molecule has 0 saturated carbocycles. The fraction of sp³-hybridized carbons (Fsp3) is 0.524. The highest BCUT2D eigenvalue weighted by molar-refractivity contribution is 5.94. The molecule has 4 heteroatoms. The highest BCUT2D eigenvalue weighted by Crippen LogP contribution is 2.37. The molecule has 2 aliphatic rings. The van der Waals surface area contributed by atoms with Gasteiger partial charge in [-0.05, 0) is 62.8 Å². The van der Waals surface area contributed by atoms with Crippen molar-refractivity contribution >= 4 is 11.8 Å². The van der Waals surface area contributed by atoms with Gasteiger partial charge in [0.05, 0.1) is 5.54 Å². The van der Waals surface area contributed by atoms with Crippen molar-refractivity contribution in [1.82, 2.24) is 9.80 Å². The van der Waals surface area contributed by atoms with Gasteiger partial charge in [-0.15, -0.1) is 6.58 Å². The van der Waals surface area contributed by atoms with Gasteiger partial charge in [-0.3, -0.25) is 9.59 Å². The first kappa shape index (κ1) is 17.7. The van der Waals surface area contributed by atoms with Gasteiger partial charge in [0.1, 0.15) is 0 Å². The van der Waals surface area contributed by atoms with Crippen molar-refractivity contribution in [2.75, 3.05) is 19.6 Å². The van der Waals surface area contributed by atoms with Crippen LogP contribution in [0.3, 0.4) is 0 Å². The van der Waals surface area contributed by atoms with Crippen molar-refractivity contribution in [3.8, 4) is 0 Å². The van der Waals surface area contributed by atoms with Gasteiger partial charge in [0.2, 0.25) is 5.91 Å². The van der Waals surface area contributed by atoms with Gasteiger partial charge >= 0.3 is 0 Å². The third kappa shape index (κ3) is 3.35. The lowest BCUT2D eigenvalue weighted by Gasteiger charge is -2.52. The van der Waals surface area contributed by atoms with Crippen molar-refractivity contribution in [3.63, 3.8) is 0 Å². The van der Waals surface area contributed by atoms with Crippen LogP contribution in [-0.2, 0) is 4.79 Å². The molecule has 2 aliphatic heterocycles. The van der Waals surface area contributed by atoms with Crippen molar-refractivity contribution in [3.05, 3.63) is 47.5 Å². The molecule has 0 unspecified atom stereocenters. The van der Waals surface area contributed by atoms with Crippen molar-refractivity contribution in [1.29, 1.82) is 0 Å². The third-order valence-electron chi connectivity index (χ3n) is 5.81. The highest BCUT2D eigenvalue weighted by atomic mass is 16.2. The molecule has 2 heterocycles. The molecule has 4 nitrogen and oxygen atoms in total. The minimum absolute atomic E-state index is 0.0822. The van der Waals surface area contributed by atoms with Crippen LogP contribution in [0.1, 0.15) is 53.6 Å². The summed E-state index contributed by atoms with van der Waals surface area (Å²) < 4.78 is 0. The molecule has 0 bridgehead atoms. The van der Waals surface area contributed by atoms with E-state index in [1.165, 1.54) is 5.56 Å². The molecule has 0 N–H and O–H groups in total. The van der Waals surface area contributed by atoms with E-state index in [-0.39, 0.29) is 17.4 Å². The normalized spacial score (nSPS) is 23.8. The number of amides is 2. The summed E-state index contributed by atoms with van der Waals surface area (Å²) in [6.07, 6.45) is 6.22. The predicted molar refractivity (Wildman–Crippen MR) is 99.5 cm³/mol. The molecule has 0 radical (unpaired) electrons. The van der Waals surface area contributed by atoms with E-state index >= 15 is 0 Å². The van der Waals surface area contributed by atoms with E-state index in [1.807, 2.05) is 34.9 Å². The largest absolute Gasteiger partial charge is 0.336 e. The summed E-state index contributed by atoms with van der Waals surface area (Å²) in [5, 5.41) is 0. The molecule has 3 rings (SSSR count). The number of likely N-dealkylation sites (tertiary alicyclic amines) is 2. The van der Waals surface area contributed by atoms with Gasteiger partial charge in [0, 0.05) is 31.6 Å². The highest BCUT2D eigenvalue weighted by Gasteiger charge is 2.45. The summed E-state index contributed by atoms with van der Waals surface area (Å²) in [4.78, 5) is 29.4. The van der Waals surface area contributed by atoms with Crippen LogP contribution >= 0.6 is 0 Å². The fourth-order valence-corrected chi connectivity index (χ4v) is 4.29. The minimum atomic E-state index is -0.211. The Bertz CT molecular complexity index is 693. The van der Waals surface area contributed by atoms with E-state index in [0.29, 0.717) is 19.5 Å². The van der Waals surface area contributed by atoms with Crippen LogP contribution in [-0.4, -0.2) is 46.8 Å². The lowest BCUT2D eigenvalue weighted by Crippen LogP contribution is -2.63. The summed E-state index contributed by atoms with van der Waals surface area (Å²) in [6, 6.07) is 5.91. The van der Waals surface area contributed by atoms with Gasteiger partial charge < -0.3 is 9.80 Å². The number of nitrogens with zero attached hydrogens (tertiary/aromatic N) is 2. The number of carbonyl (C=O) groups is 2. The predicted octanol–water partition coefficient (Wildman–Crippen LogP) is 3.48. The number of rotatable bonds is 3. The third-order valence-corrected chi connectivity index (χ3v) is 5.81. The Kier molecular flexibility index (Phi) is 4.98. The lowest BCUT2D eigenvalue weighted by molar-refractivity contribution is -0.143. The van der Waals surface area contributed by atoms with Crippen LogP contribution < -0.4 is 0 Å². The molecule has 0 aromatic heterocycles. The average molecular weight is 340 g/mol. The first-order chi connectivity index (χ1) is 12.0. The SMILES string of the molecule is C=CCN1C(=O)CCC[C@]12CCCN(C(=O)c1ccc(C)c(C)c1)C2. The van der Waals surface area contributed by atoms with Gasteiger partial charge in [0.25, 0.3) is 5.91 Å². The minimum Gasteiger partial charge on any atom is -0.336 e. The molecule has 134 valence electrons. The van der Waals surface area contributed by atoms with E-state index in [1.54, 1.807) is 6.08 Å². The number of hydrogen-bond acceptors (Lipinski definition) is 2. The zero-order chi connectivity index (χ0) is 18.0. The van der Waals surface area contributed by atoms with Crippen LogP contribution in [0.4, 0.5) is 0 Å². The summed E-state index contributed by atoms with van der Waals surface area (Å²) in [6.45, 7) is 9.88. The number of carbonyl (C=O) groups excluding carboxylic acids is 2. The molecule has 0 aliphatic carbocycles. The molecule has 2 saturated heterocycles. The summed E-state index contributed by atoms with van der Waals surface area (Å²) in [7, 11) is 0. The monoisotopic (exact) mass is 340 g/mol. The molecule has 1 spiro atoms. The zero-order valence-corrected chi connectivity index (χ0v) is 15.4. The van der Waals surface area contributed by atoms with Crippen LogP contribution in [0.5, 0.6) is 0 Å². The molecule has 1 aromatic rings. The molecule has 2 amide bonds. The Balaban J connectivity index is 1.84. The Morgan fingerprint density at radius 1 is 1.24 bits per heavy atom. The van der Waals surface area contributed by atoms with Crippen LogP contribution in [0.2, 0.25) is 0 Å². The maximum Gasteiger partial charge on any atom is 0.253 e.